The van der Waals surface area contributed by atoms with Gasteiger partial charge >= 0.3 is 11.9 Å². The second-order valence-corrected chi connectivity index (χ2v) is 19.2. The molecule has 0 saturated heterocycles. The number of aryl methyl sites for hydroxylation is 1. The van der Waals surface area contributed by atoms with Gasteiger partial charge < -0.3 is 30.0 Å². The molecule has 0 radical (unpaired) electrons. The van der Waals surface area contributed by atoms with Crippen molar-refractivity contribution in [3.8, 4) is 0 Å². The molecule has 64 heavy (non-hydrogen) atoms. The quantitative estimate of drug-likeness (QED) is 0.0492. The van der Waals surface area contributed by atoms with Crippen molar-refractivity contribution >= 4 is 17.6 Å². The van der Waals surface area contributed by atoms with Crippen LogP contribution in [0.2, 0.25) is 0 Å². The number of imidazole rings is 1. The summed E-state index contributed by atoms with van der Waals surface area (Å²) in [7, 11) is 0. The second-order valence-electron chi connectivity index (χ2n) is 19.2. The van der Waals surface area contributed by atoms with Gasteiger partial charge in [0.1, 0.15) is 17.6 Å². The number of carbonyl (C=O) groups is 2. The van der Waals surface area contributed by atoms with E-state index in [1.807, 2.05) is 6.33 Å². The van der Waals surface area contributed by atoms with E-state index in [9.17, 15) is 9.59 Å². The van der Waals surface area contributed by atoms with Crippen LogP contribution >= 0.6 is 0 Å². The summed E-state index contributed by atoms with van der Waals surface area (Å²) in [5.41, 5.74) is 10.5. The first-order valence-corrected chi connectivity index (χ1v) is 27.4. The van der Waals surface area contributed by atoms with E-state index in [2.05, 4.69) is 49.1 Å². The number of nitrogens with one attached hydrogen (secondary N) is 1. The Morgan fingerprint density at radius 3 is 1.67 bits per heavy atom. The molecule has 9 nitrogen and oxygen atoms in total. The number of carbonyl (C=O) groups excluding carboxylic acids is 2. The highest BCUT2D eigenvalue weighted by atomic mass is 16.5. The maximum Gasteiger partial charge on any atom is 0.306 e. The molecule has 2 heterocycles. The monoisotopic (exact) mass is 896 g/mol. The first kappa shape index (κ1) is 57.3. The molecule has 1 aliphatic heterocycles. The van der Waals surface area contributed by atoms with Gasteiger partial charge in [-0.1, -0.05) is 176 Å². The van der Waals surface area contributed by atoms with Crippen molar-refractivity contribution in [1.29, 1.82) is 0 Å². The van der Waals surface area contributed by atoms with Gasteiger partial charge in [0.05, 0.1) is 24.3 Å². The zero-order valence-corrected chi connectivity index (χ0v) is 42.4. The summed E-state index contributed by atoms with van der Waals surface area (Å²) in [5, 5.41) is 3.27. The molecule has 1 aliphatic rings. The van der Waals surface area contributed by atoms with Crippen LogP contribution in [0.5, 0.6) is 0 Å². The largest absolute Gasteiger partial charge is 0.466 e. The van der Waals surface area contributed by atoms with E-state index < -0.39 is 0 Å². The number of nitrogens with two attached hydrogens (primary N) is 1. The number of nitrogens with zero attached hydrogens (tertiary/aromatic N) is 3. The first-order chi connectivity index (χ1) is 31.3. The predicted octanol–water partition coefficient (Wildman–Crippen LogP) is 14.7. The Hall–Kier alpha value is -2.81. The minimum Gasteiger partial charge on any atom is -0.466 e. The number of hydrogen-bond donors (Lipinski definition) is 2. The van der Waals surface area contributed by atoms with Crippen LogP contribution in [0.3, 0.4) is 0 Å². The van der Waals surface area contributed by atoms with E-state index in [0.29, 0.717) is 25.3 Å². The van der Waals surface area contributed by atoms with E-state index in [1.165, 1.54) is 146 Å². The molecule has 0 spiro atoms. The fraction of sp³-hybridized carbons (Fsp3) is 0.836. The fourth-order valence-corrected chi connectivity index (χ4v) is 9.16. The van der Waals surface area contributed by atoms with Gasteiger partial charge in [0.25, 0.3) is 0 Å². The van der Waals surface area contributed by atoms with Crippen molar-refractivity contribution < 1.29 is 19.1 Å². The molecule has 3 N–H and O–H groups in total. The molecule has 1 aromatic heterocycles. The van der Waals surface area contributed by atoms with Crippen LogP contribution in [0.15, 0.2) is 24.3 Å². The summed E-state index contributed by atoms with van der Waals surface area (Å²) in [6, 6.07) is 0. The van der Waals surface area contributed by atoms with Gasteiger partial charge in [-0.15, -0.1) is 0 Å². The molecule has 0 bridgehead atoms. The van der Waals surface area contributed by atoms with Crippen molar-refractivity contribution in [3.05, 3.63) is 35.7 Å². The minimum atomic E-state index is -0.0240. The number of esters is 2. The standard InChI is InChI=1S/C55H101N5O4/c1-6-10-13-16-19-28-35-45-63-52(61)39-31-24-20-26-33-41-59(43-36-44-60-47-57-54-48(5)58-55(56)49(9-4)46-51(54)60)42-34-27-21-25-32-40-53(62)64-50(37-29-22-17-14-11-7-2)38-30-23-18-15-12-8-3/h47,50,58H,5-46,56H2,1-4H3. The Kier molecular flexibility index (Phi) is 35.3. The van der Waals surface area contributed by atoms with Gasteiger partial charge in [0.2, 0.25) is 0 Å². The van der Waals surface area contributed by atoms with Crippen LogP contribution < -0.4 is 11.1 Å². The van der Waals surface area contributed by atoms with E-state index >= 15 is 0 Å². The molecule has 370 valence electrons. The van der Waals surface area contributed by atoms with Crippen molar-refractivity contribution in [2.24, 2.45) is 5.73 Å². The highest BCUT2D eigenvalue weighted by molar-refractivity contribution is 5.69. The van der Waals surface area contributed by atoms with E-state index in [0.717, 1.165) is 121 Å². The van der Waals surface area contributed by atoms with Gasteiger partial charge in [0.15, 0.2) is 0 Å². The number of unbranched alkanes of at least 4 members (excludes halogenated alkanes) is 24. The number of fused-ring (bicyclic) bond motifs is 1. The Bertz CT molecular complexity index is 1340. The third-order valence-corrected chi connectivity index (χ3v) is 13.4. The number of hydrogen-bond acceptors (Lipinski definition) is 8. The van der Waals surface area contributed by atoms with Gasteiger partial charge in [-0.25, -0.2) is 4.98 Å². The fourth-order valence-electron chi connectivity index (χ4n) is 9.16. The smallest absolute Gasteiger partial charge is 0.306 e. The summed E-state index contributed by atoms with van der Waals surface area (Å²) in [4.78, 5) is 32.6. The molecule has 2 rings (SSSR count). The molecule has 1 aromatic rings. The maximum atomic E-state index is 13.0. The van der Waals surface area contributed by atoms with Gasteiger partial charge in [-0.05, 0) is 95.8 Å². The summed E-state index contributed by atoms with van der Waals surface area (Å²) in [6.07, 6.45) is 43.1. The Labute approximate surface area is 394 Å². The molecule has 0 fully saturated rings. The van der Waals surface area contributed by atoms with E-state index in [1.54, 1.807) is 0 Å². The first-order valence-electron chi connectivity index (χ1n) is 27.4. The molecule has 0 unspecified atom stereocenters. The summed E-state index contributed by atoms with van der Waals surface area (Å²) in [5.74, 6) is 0.713. The van der Waals surface area contributed by atoms with Crippen molar-refractivity contribution in [1.82, 2.24) is 19.8 Å². The lowest BCUT2D eigenvalue weighted by Gasteiger charge is -2.23. The van der Waals surface area contributed by atoms with Crippen LogP contribution in [0.4, 0.5) is 0 Å². The zero-order chi connectivity index (χ0) is 46.3. The molecule has 9 heteroatoms. The molecule has 0 atom stereocenters. The van der Waals surface area contributed by atoms with Crippen molar-refractivity contribution in [2.75, 3.05) is 26.2 Å². The molecule has 0 aromatic carbocycles. The average molecular weight is 896 g/mol. The van der Waals surface area contributed by atoms with Crippen molar-refractivity contribution in [3.63, 3.8) is 0 Å². The lowest BCUT2D eigenvalue weighted by Crippen LogP contribution is -2.28. The third-order valence-electron chi connectivity index (χ3n) is 13.4. The lowest BCUT2D eigenvalue weighted by atomic mass is 10.0. The number of allylic oxidation sites excluding steroid dienone is 1. The van der Waals surface area contributed by atoms with Crippen LogP contribution in [0, 0.1) is 0 Å². The van der Waals surface area contributed by atoms with Crippen LogP contribution in [0.1, 0.15) is 264 Å². The topological polar surface area (TPSA) is 112 Å². The normalized spacial score (nSPS) is 12.9. The Morgan fingerprint density at radius 1 is 0.656 bits per heavy atom. The molecular weight excluding hydrogens is 795 g/mol. The average Bonchev–Trinajstić information content (AvgIpc) is 3.64. The molecule has 0 amide bonds. The maximum absolute atomic E-state index is 13.0. The SMILES string of the molecule is C=C1NC(N)=C(CC)Cc2c1ncn2CCCN(CCCCCCCC(=O)OCCCCCCCCC)CCCCCCCC(=O)OC(CCCCCCCC)CCCCCCCC. The minimum absolute atomic E-state index is 0.0210. The summed E-state index contributed by atoms with van der Waals surface area (Å²) >= 11 is 0. The molecule has 0 aliphatic carbocycles. The Balaban J connectivity index is 1.76. The lowest BCUT2D eigenvalue weighted by molar-refractivity contribution is -0.150. The summed E-state index contributed by atoms with van der Waals surface area (Å²) < 4.78 is 13.9. The van der Waals surface area contributed by atoms with Gasteiger partial charge in [-0.3, -0.25) is 9.59 Å². The number of rotatable bonds is 44. The van der Waals surface area contributed by atoms with E-state index in [4.69, 9.17) is 20.2 Å². The number of aromatic nitrogens is 2. The Morgan fingerprint density at radius 2 is 1.12 bits per heavy atom. The van der Waals surface area contributed by atoms with Gasteiger partial charge in [-0.2, -0.15) is 0 Å². The number of ether oxygens (including phenoxy) is 2. The van der Waals surface area contributed by atoms with Gasteiger partial charge in [0, 0.05) is 25.8 Å². The predicted molar refractivity (Wildman–Crippen MR) is 271 cm³/mol. The molecule has 0 saturated carbocycles. The summed E-state index contributed by atoms with van der Waals surface area (Å²) in [6.45, 7) is 17.9. The van der Waals surface area contributed by atoms with E-state index in [-0.39, 0.29) is 18.0 Å². The highest BCUT2D eigenvalue weighted by Crippen LogP contribution is 2.25. The third kappa shape index (κ3) is 28.3. The van der Waals surface area contributed by atoms with Crippen molar-refractivity contribution in [2.45, 2.75) is 271 Å². The second kappa shape index (κ2) is 39.4. The molecular formula is C55H101N5O4. The van der Waals surface area contributed by atoms with Crippen LogP contribution in [-0.4, -0.2) is 58.7 Å². The van der Waals surface area contributed by atoms with Crippen LogP contribution in [0.25, 0.3) is 5.70 Å². The van der Waals surface area contributed by atoms with Crippen LogP contribution in [-0.2, 0) is 32.0 Å². The highest BCUT2D eigenvalue weighted by Gasteiger charge is 2.21. The zero-order valence-electron chi connectivity index (χ0n) is 42.4.